The molecule has 0 aliphatic heterocycles. The minimum atomic E-state index is -1.02. The first-order valence-electron chi connectivity index (χ1n) is 6.17. The van der Waals surface area contributed by atoms with Crippen LogP contribution in [0.2, 0.25) is 0 Å². The molecule has 4 N–H and O–H groups in total. The molecule has 1 heterocycles. The normalized spacial score (nSPS) is 12.2. The van der Waals surface area contributed by atoms with Crippen LogP contribution in [-0.2, 0) is 9.59 Å². The number of anilines is 1. The van der Waals surface area contributed by atoms with Gasteiger partial charge in [-0.05, 0) is 35.2 Å². The van der Waals surface area contributed by atoms with Crippen LogP contribution in [0.15, 0.2) is 47.9 Å². The van der Waals surface area contributed by atoms with Crippen LogP contribution in [0.1, 0.15) is 16.5 Å². The van der Waals surface area contributed by atoms with Gasteiger partial charge in [-0.3, -0.25) is 4.79 Å². The molecule has 0 bridgehead atoms. The van der Waals surface area contributed by atoms with E-state index < -0.39 is 12.0 Å². The highest BCUT2D eigenvalue weighted by Gasteiger charge is 2.16. The van der Waals surface area contributed by atoms with Crippen LogP contribution >= 0.6 is 11.3 Å². The second-order valence-corrected chi connectivity index (χ2v) is 5.26. The van der Waals surface area contributed by atoms with E-state index in [-0.39, 0.29) is 5.91 Å². The molecule has 1 unspecified atom stereocenters. The van der Waals surface area contributed by atoms with E-state index >= 15 is 0 Å². The molecule has 21 heavy (non-hydrogen) atoms. The molecule has 0 fully saturated rings. The van der Waals surface area contributed by atoms with Crippen molar-refractivity contribution in [2.45, 2.75) is 6.04 Å². The highest BCUT2D eigenvalue weighted by molar-refractivity contribution is 7.10. The number of hydrogen-bond acceptors (Lipinski definition) is 4. The lowest BCUT2D eigenvalue weighted by Gasteiger charge is -2.11. The van der Waals surface area contributed by atoms with Crippen LogP contribution in [-0.4, -0.2) is 17.0 Å². The number of carboxylic acids is 1. The summed E-state index contributed by atoms with van der Waals surface area (Å²) in [4.78, 5) is 23.3. The zero-order valence-corrected chi connectivity index (χ0v) is 11.8. The molecule has 0 radical (unpaired) electrons. The maximum atomic E-state index is 12.0. The third-order valence-electron chi connectivity index (χ3n) is 2.70. The number of carboxylic acid groups (broad SMARTS) is 1. The van der Waals surface area contributed by atoms with Gasteiger partial charge in [-0.2, -0.15) is 0 Å². The van der Waals surface area contributed by atoms with Gasteiger partial charge in [0, 0.05) is 16.6 Å². The van der Waals surface area contributed by atoms with E-state index in [1.54, 1.807) is 30.3 Å². The summed E-state index contributed by atoms with van der Waals surface area (Å²) in [6.45, 7) is 0. The number of nitrogens with two attached hydrogens (primary N) is 1. The maximum absolute atomic E-state index is 12.0. The van der Waals surface area contributed by atoms with Gasteiger partial charge in [-0.1, -0.05) is 18.2 Å². The highest BCUT2D eigenvalue weighted by Crippen LogP contribution is 2.19. The highest BCUT2D eigenvalue weighted by atomic mass is 32.1. The van der Waals surface area contributed by atoms with Gasteiger partial charge in [0.25, 0.3) is 0 Å². The summed E-state index contributed by atoms with van der Waals surface area (Å²) >= 11 is 1.42. The number of carbonyl (C=O) groups excluding carboxylic acids is 1. The van der Waals surface area contributed by atoms with Crippen LogP contribution in [0.3, 0.4) is 0 Å². The van der Waals surface area contributed by atoms with Crippen LogP contribution in [0.5, 0.6) is 0 Å². The van der Waals surface area contributed by atoms with Crippen LogP contribution in [0.25, 0.3) is 6.08 Å². The Morgan fingerprint density at radius 3 is 2.76 bits per heavy atom. The Balaban J connectivity index is 2.07. The number of amides is 1. The van der Waals surface area contributed by atoms with Crippen molar-refractivity contribution in [2.24, 2.45) is 5.73 Å². The van der Waals surface area contributed by atoms with Crippen molar-refractivity contribution in [2.75, 3.05) is 5.32 Å². The predicted molar refractivity (Wildman–Crippen MR) is 83.0 cm³/mol. The maximum Gasteiger partial charge on any atom is 0.328 e. The molecule has 5 nitrogen and oxygen atoms in total. The Morgan fingerprint density at radius 2 is 2.10 bits per heavy atom. The number of carbonyl (C=O) groups is 2. The van der Waals surface area contributed by atoms with E-state index in [1.807, 2.05) is 11.4 Å². The molecule has 2 aromatic rings. The first kappa shape index (κ1) is 15.0. The Labute approximate surface area is 125 Å². The minimum Gasteiger partial charge on any atom is -0.478 e. The third-order valence-corrected chi connectivity index (χ3v) is 3.66. The molecule has 0 saturated carbocycles. The van der Waals surface area contributed by atoms with E-state index in [4.69, 9.17) is 10.8 Å². The SMILES string of the molecule is NC(C(=O)Nc1cccc(/C=C/C(=O)O)c1)c1cccs1. The predicted octanol–water partition coefficient (Wildman–Crippen LogP) is 2.48. The van der Waals surface area contributed by atoms with E-state index in [1.165, 1.54) is 17.4 Å². The smallest absolute Gasteiger partial charge is 0.328 e. The van der Waals surface area contributed by atoms with Crippen molar-refractivity contribution in [1.82, 2.24) is 0 Å². The monoisotopic (exact) mass is 302 g/mol. The molecular weight excluding hydrogens is 288 g/mol. The van der Waals surface area contributed by atoms with Gasteiger partial charge in [0.2, 0.25) is 5.91 Å². The van der Waals surface area contributed by atoms with Crippen molar-refractivity contribution in [1.29, 1.82) is 0 Å². The lowest BCUT2D eigenvalue weighted by atomic mass is 10.1. The largest absolute Gasteiger partial charge is 0.478 e. The third kappa shape index (κ3) is 4.27. The molecule has 1 aromatic carbocycles. The molecule has 0 aliphatic carbocycles. The summed E-state index contributed by atoms with van der Waals surface area (Å²) in [6, 6.07) is 9.80. The van der Waals surface area contributed by atoms with Gasteiger partial charge >= 0.3 is 5.97 Å². The fraction of sp³-hybridized carbons (Fsp3) is 0.0667. The quantitative estimate of drug-likeness (QED) is 0.740. The summed E-state index contributed by atoms with van der Waals surface area (Å²) < 4.78 is 0. The lowest BCUT2D eigenvalue weighted by molar-refractivity contribution is -0.131. The molecule has 1 atom stereocenters. The molecule has 1 amide bonds. The number of thiophene rings is 1. The number of rotatable bonds is 5. The second kappa shape index (κ2) is 6.83. The second-order valence-electron chi connectivity index (χ2n) is 4.28. The van der Waals surface area contributed by atoms with Gasteiger partial charge in [-0.15, -0.1) is 11.3 Å². The van der Waals surface area contributed by atoms with Crippen molar-refractivity contribution in [3.63, 3.8) is 0 Å². The van der Waals surface area contributed by atoms with Gasteiger partial charge in [0.1, 0.15) is 6.04 Å². The van der Waals surface area contributed by atoms with Gasteiger partial charge < -0.3 is 16.2 Å². The van der Waals surface area contributed by atoms with Gasteiger partial charge in [0.05, 0.1) is 0 Å². The van der Waals surface area contributed by atoms with Crippen LogP contribution in [0.4, 0.5) is 5.69 Å². The van der Waals surface area contributed by atoms with Crippen molar-refractivity contribution in [3.8, 4) is 0 Å². The Morgan fingerprint density at radius 1 is 1.29 bits per heavy atom. The zero-order chi connectivity index (χ0) is 15.2. The summed E-state index contributed by atoms with van der Waals surface area (Å²) in [7, 11) is 0. The van der Waals surface area contributed by atoms with E-state index in [0.717, 1.165) is 11.0 Å². The summed E-state index contributed by atoms with van der Waals surface area (Å²) in [6.07, 6.45) is 2.50. The van der Waals surface area contributed by atoms with Gasteiger partial charge in [-0.25, -0.2) is 4.79 Å². The summed E-state index contributed by atoms with van der Waals surface area (Å²) in [5.41, 5.74) is 7.12. The molecule has 1 aromatic heterocycles. The molecule has 0 spiro atoms. The molecule has 0 saturated heterocycles. The Hall–Kier alpha value is -2.44. The van der Waals surface area contributed by atoms with Crippen molar-refractivity contribution >= 4 is 35.0 Å². The minimum absolute atomic E-state index is 0.309. The number of hydrogen-bond donors (Lipinski definition) is 3. The number of aliphatic carboxylic acids is 1. The molecule has 0 aliphatic rings. The van der Waals surface area contributed by atoms with E-state index in [9.17, 15) is 9.59 Å². The Kier molecular flexibility index (Phi) is 4.86. The first-order valence-corrected chi connectivity index (χ1v) is 7.05. The number of benzene rings is 1. The van der Waals surface area contributed by atoms with E-state index in [0.29, 0.717) is 11.3 Å². The van der Waals surface area contributed by atoms with E-state index in [2.05, 4.69) is 5.32 Å². The first-order chi connectivity index (χ1) is 10.1. The average molecular weight is 302 g/mol. The molecule has 2 rings (SSSR count). The molecule has 108 valence electrons. The van der Waals surface area contributed by atoms with Crippen LogP contribution in [0, 0.1) is 0 Å². The fourth-order valence-corrected chi connectivity index (χ4v) is 2.43. The zero-order valence-electron chi connectivity index (χ0n) is 11.0. The summed E-state index contributed by atoms with van der Waals surface area (Å²) in [5.74, 6) is -1.33. The Bertz CT molecular complexity index is 665. The van der Waals surface area contributed by atoms with Crippen LogP contribution < -0.4 is 11.1 Å². The fourth-order valence-electron chi connectivity index (χ4n) is 1.71. The lowest BCUT2D eigenvalue weighted by Crippen LogP contribution is -2.26. The average Bonchev–Trinajstić information content (AvgIpc) is 2.98. The molecular formula is C15H14N2O3S. The number of nitrogens with one attached hydrogen (secondary N) is 1. The topological polar surface area (TPSA) is 92.4 Å². The van der Waals surface area contributed by atoms with Gasteiger partial charge in [0.15, 0.2) is 0 Å². The summed E-state index contributed by atoms with van der Waals surface area (Å²) in [5, 5.41) is 13.2. The van der Waals surface area contributed by atoms with Crippen molar-refractivity contribution < 1.29 is 14.7 Å². The standard InChI is InChI=1S/C15H14N2O3S/c16-14(12-5-2-8-21-12)15(20)17-11-4-1-3-10(9-11)6-7-13(18)19/h1-9,14H,16H2,(H,17,20)(H,18,19)/b7-6+. The van der Waals surface area contributed by atoms with Crippen molar-refractivity contribution in [3.05, 3.63) is 58.3 Å². The molecule has 6 heteroatoms.